The first kappa shape index (κ1) is 25.1. The van der Waals surface area contributed by atoms with E-state index < -0.39 is 15.6 Å². The highest BCUT2D eigenvalue weighted by atomic mass is 32.2. The van der Waals surface area contributed by atoms with Gasteiger partial charge in [0.1, 0.15) is 0 Å². The summed E-state index contributed by atoms with van der Waals surface area (Å²) in [5, 5.41) is 0. The Kier molecular flexibility index (Phi) is 7.95. The van der Waals surface area contributed by atoms with E-state index in [0.29, 0.717) is 16.3 Å². The van der Waals surface area contributed by atoms with Gasteiger partial charge in [0, 0.05) is 24.3 Å². The van der Waals surface area contributed by atoms with Crippen molar-refractivity contribution in [2.45, 2.75) is 47.5 Å². The number of likely N-dealkylation sites (N-methyl/N-ethyl adjacent to an activating group) is 1. The number of alkyl halides is 3. The first-order valence-electron chi connectivity index (χ1n) is 10.0. The van der Waals surface area contributed by atoms with Crippen LogP contribution in [-0.4, -0.2) is 44.1 Å². The lowest BCUT2D eigenvalue weighted by atomic mass is 10.1. The van der Waals surface area contributed by atoms with Gasteiger partial charge in [-0.2, -0.15) is 21.6 Å². The second-order valence-corrected chi connectivity index (χ2v) is 10.9. The Morgan fingerprint density at radius 2 is 1.91 bits per heavy atom. The van der Waals surface area contributed by atoms with Crippen molar-refractivity contribution in [3.63, 3.8) is 0 Å². The van der Waals surface area contributed by atoms with Crippen LogP contribution >= 0.6 is 23.7 Å². The summed E-state index contributed by atoms with van der Waals surface area (Å²) in [7, 11) is -3.83. The maximum atomic E-state index is 12.9. The number of rotatable bonds is 7. The van der Waals surface area contributed by atoms with Crippen molar-refractivity contribution < 1.29 is 25.8 Å². The van der Waals surface area contributed by atoms with Crippen LogP contribution in [0.25, 0.3) is 0 Å². The Morgan fingerprint density at radius 3 is 2.50 bits per heavy atom. The van der Waals surface area contributed by atoms with Crippen molar-refractivity contribution in [1.82, 2.24) is 4.31 Å². The first-order valence-corrected chi connectivity index (χ1v) is 13.4. The summed E-state index contributed by atoms with van der Waals surface area (Å²) >= 11 is 2.52. The molecule has 1 atom stereocenters. The van der Waals surface area contributed by atoms with Crippen LogP contribution in [0.5, 0.6) is 5.75 Å². The quantitative estimate of drug-likeness (QED) is 0.189. The minimum Gasteiger partial charge on any atom is -0.375 e. The number of thioether (sulfide) groups is 1. The maximum Gasteiger partial charge on any atom is 0.534 e. The van der Waals surface area contributed by atoms with Gasteiger partial charge in [-0.1, -0.05) is 38.0 Å². The van der Waals surface area contributed by atoms with E-state index in [4.69, 9.17) is 0 Å². The van der Waals surface area contributed by atoms with E-state index in [0.717, 1.165) is 42.4 Å². The van der Waals surface area contributed by atoms with Gasteiger partial charge in [0.25, 0.3) is 0 Å². The van der Waals surface area contributed by atoms with Crippen LogP contribution in [0.2, 0.25) is 0 Å². The molecular weight excluding hydrogens is 481 g/mol. The fourth-order valence-corrected chi connectivity index (χ4v) is 5.53. The van der Waals surface area contributed by atoms with Crippen LogP contribution in [0.1, 0.15) is 26.2 Å². The molecule has 0 saturated heterocycles. The van der Waals surface area contributed by atoms with Gasteiger partial charge in [-0.15, -0.1) is 11.8 Å². The molecule has 3 rings (SSSR count). The second-order valence-electron chi connectivity index (χ2n) is 7.33. The molecule has 11 heteroatoms. The lowest BCUT2D eigenvalue weighted by molar-refractivity contribution is -0.0500. The summed E-state index contributed by atoms with van der Waals surface area (Å²) in [6, 6.07) is 13.0. The van der Waals surface area contributed by atoms with Crippen LogP contribution in [0, 0.1) is 0 Å². The SMILES string of the molecule is CCCCC1CN(c2ccccc2)c2cc(SC)c(OS(=O)(=O)C(F)(F)F)cc2SN1C. The maximum absolute atomic E-state index is 12.9. The van der Waals surface area contributed by atoms with E-state index in [1.54, 1.807) is 12.3 Å². The molecule has 1 aliphatic heterocycles. The normalized spacial score (nSPS) is 17.7. The van der Waals surface area contributed by atoms with Crippen LogP contribution in [0.15, 0.2) is 52.3 Å². The van der Waals surface area contributed by atoms with Gasteiger partial charge in [0.2, 0.25) is 0 Å². The molecule has 0 aromatic heterocycles. The van der Waals surface area contributed by atoms with Crippen molar-refractivity contribution >= 4 is 45.2 Å². The molecule has 1 unspecified atom stereocenters. The Bertz CT molecular complexity index is 1030. The van der Waals surface area contributed by atoms with Crippen LogP contribution in [0.3, 0.4) is 0 Å². The van der Waals surface area contributed by atoms with Crippen molar-refractivity contribution in [3.05, 3.63) is 42.5 Å². The minimum atomic E-state index is -5.77. The van der Waals surface area contributed by atoms with Gasteiger partial charge in [0.15, 0.2) is 5.75 Å². The topological polar surface area (TPSA) is 49.9 Å². The number of benzene rings is 2. The third-order valence-electron chi connectivity index (χ3n) is 5.13. The third kappa shape index (κ3) is 5.49. The number of hydrogen-bond donors (Lipinski definition) is 0. The lowest BCUT2D eigenvalue weighted by Crippen LogP contribution is -2.35. The van der Waals surface area contributed by atoms with Crippen molar-refractivity contribution in [2.24, 2.45) is 0 Å². The first-order chi connectivity index (χ1) is 15.1. The van der Waals surface area contributed by atoms with Gasteiger partial charge >= 0.3 is 15.6 Å². The van der Waals surface area contributed by atoms with E-state index in [1.165, 1.54) is 18.0 Å². The summed E-state index contributed by atoms with van der Waals surface area (Å²) in [6.45, 7) is 2.82. The molecule has 0 saturated carbocycles. The molecule has 1 aliphatic rings. The number of unbranched alkanes of at least 4 members (excludes halogenated alkanes) is 1. The molecule has 0 fully saturated rings. The van der Waals surface area contributed by atoms with Gasteiger partial charge in [-0.3, -0.25) is 0 Å². The van der Waals surface area contributed by atoms with E-state index in [1.807, 2.05) is 37.4 Å². The molecule has 0 amide bonds. The molecule has 32 heavy (non-hydrogen) atoms. The molecule has 1 heterocycles. The second kappa shape index (κ2) is 10.1. The number of halogens is 3. The van der Waals surface area contributed by atoms with Gasteiger partial charge in [-0.05, 0) is 49.9 Å². The molecule has 2 aromatic carbocycles. The van der Waals surface area contributed by atoms with Crippen LogP contribution in [0.4, 0.5) is 24.5 Å². The summed E-state index contributed by atoms with van der Waals surface area (Å²) < 4.78 is 68.7. The molecule has 2 aromatic rings. The zero-order valence-corrected chi connectivity index (χ0v) is 20.4. The van der Waals surface area contributed by atoms with E-state index in [-0.39, 0.29) is 11.8 Å². The minimum absolute atomic E-state index is 0.188. The van der Waals surface area contributed by atoms with Crippen LogP contribution in [-0.2, 0) is 10.1 Å². The monoisotopic (exact) mass is 506 g/mol. The number of anilines is 2. The largest absolute Gasteiger partial charge is 0.534 e. The van der Waals surface area contributed by atoms with Gasteiger partial charge < -0.3 is 9.08 Å². The number of nitrogens with zero attached hydrogens (tertiary/aromatic N) is 2. The number of fused-ring (bicyclic) bond motifs is 1. The third-order valence-corrected chi connectivity index (χ3v) is 7.96. The fourth-order valence-electron chi connectivity index (χ4n) is 3.42. The summed E-state index contributed by atoms with van der Waals surface area (Å²) in [4.78, 5) is 3.07. The molecule has 176 valence electrons. The average molecular weight is 507 g/mol. The van der Waals surface area contributed by atoms with Gasteiger partial charge in [0.05, 0.1) is 15.5 Å². The molecular formula is C21H25F3N2O3S3. The lowest BCUT2D eigenvalue weighted by Gasteiger charge is -2.30. The summed E-state index contributed by atoms with van der Waals surface area (Å²) in [5.41, 5.74) is -3.75. The van der Waals surface area contributed by atoms with Crippen molar-refractivity contribution in [3.8, 4) is 5.75 Å². The number of para-hydroxylation sites is 1. The molecule has 0 radical (unpaired) electrons. The number of hydrogen-bond acceptors (Lipinski definition) is 7. The summed E-state index contributed by atoms with van der Waals surface area (Å²) in [6.07, 6.45) is 4.72. The van der Waals surface area contributed by atoms with Crippen molar-refractivity contribution in [2.75, 3.05) is 24.7 Å². The van der Waals surface area contributed by atoms with Gasteiger partial charge in [-0.25, -0.2) is 4.31 Å². The Hall–Kier alpha value is -1.56. The van der Waals surface area contributed by atoms with Crippen molar-refractivity contribution in [1.29, 1.82) is 0 Å². The predicted octanol–water partition coefficient (Wildman–Crippen LogP) is 6.29. The van der Waals surface area contributed by atoms with E-state index in [9.17, 15) is 21.6 Å². The highest BCUT2D eigenvalue weighted by Gasteiger charge is 2.49. The van der Waals surface area contributed by atoms with E-state index >= 15 is 0 Å². The Morgan fingerprint density at radius 1 is 1.22 bits per heavy atom. The van der Waals surface area contributed by atoms with Crippen LogP contribution < -0.4 is 9.08 Å². The average Bonchev–Trinajstić information content (AvgIpc) is 2.87. The summed E-state index contributed by atoms with van der Waals surface area (Å²) in [5.74, 6) is -0.325. The fraction of sp³-hybridized carbons (Fsp3) is 0.429. The highest BCUT2D eigenvalue weighted by Crippen LogP contribution is 2.46. The molecule has 0 N–H and O–H groups in total. The predicted molar refractivity (Wildman–Crippen MR) is 124 cm³/mol. The smallest absolute Gasteiger partial charge is 0.375 e. The zero-order valence-electron chi connectivity index (χ0n) is 17.9. The van der Waals surface area contributed by atoms with E-state index in [2.05, 4.69) is 20.3 Å². The Balaban J connectivity index is 2.11. The molecule has 0 spiro atoms. The molecule has 0 aliphatic carbocycles. The zero-order chi connectivity index (χ0) is 23.5. The molecule has 0 bridgehead atoms. The Labute approximate surface area is 195 Å². The standard InChI is InChI=1S/C21H25F3N2O3S3/c1-4-5-9-16-14-26(15-10-7-6-8-11-15)17-12-20(30-3)18(13-19(17)31-25(16)2)29-32(27,28)21(22,23)24/h6-8,10-13,16H,4-5,9,14H2,1-3H3. The molecule has 5 nitrogen and oxygen atoms in total. The highest BCUT2D eigenvalue weighted by molar-refractivity contribution is 7.99.